The summed E-state index contributed by atoms with van der Waals surface area (Å²) in [5, 5.41) is 2.94. The minimum Gasteiger partial charge on any atom is -0.380 e. The second-order valence-electron chi connectivity index (χ2n) is 6.81. The van der Waals surface area contributed by atoms with Crippen LogP contribution in [0.3, 0.4) is 0 Å². The molecule has 0 saturated carbocycles. The van der Waals surface area contributed by atoms with Crippen molar-refractivity contribution in [3.8, 4) is 0 Å². The van der Waals surface area contributed by atoms with Crippen molar-refractivity contribution in [1.82, 2.24) is 15.1 Å². The lowest BCUT2D eigenvalue weighted by molar-refractivity contribution is 0.0434. The minimum absolute atomic E-state index is 0.00418. The number of nitrogens with zero attached hydrogens (tertiary/aromatic N) is 2. The van der Waals surface area contributed by atoms with E-state index in [4.69, 9.17) is 4.74 Å². The summed E-state index contributed by atoms with van der Waals surface area (Å²) in [4.78, 5) is 28.0. The summed E-state index contributed by atoms with van der Waals surface area (Å²) in [7, 11) is 3.48. The topological polar surface area (TPSA) is 61.9 Å². The van der Waals surface area contributed by atoms with E-state index in [9.17, 15) is 9.59 Å². The molecule has 1 N–H and O–H groups in total. The number of benzene rings is 1. The number of amides is 3. The zero-order valence-electron chi connectivity index (χ0n) is 15.6. The number of nitrogens with one attached hydrogen (secondary N) is 1. The predicted molar refractivity (Wildman–Crippen MR) is 97.5 cm³/mol. The van der Waals surface area contributed by atoms with Crippen LogP contribution in [0.5, 0.6) is 0 Å². The molecule has 138 valence electrons. The van der Waals surface area contributed by atoms with Crippen LogP contribution in [0.4, 0.5) is 4.79 Å². The molecule has 0 radical (unpaired) electrons. The fourth-order valence-electron chi connectivity index (χ4n) is 2.81. The van der Waals surface area contributed by atoms with Crippen LogP contribution in [0.15, 0.2) is 24.3 Å². The third-order valence-corrected chi connectivity index (χ3v) is 4.74. The summed E-state index contributed by atoms with van der Waals surface area (Å²) in [6.07, 6.45) is 2.09. The highest BCUT2D eigenvalue weighted by Gasteiger charge is 2.23. The number of hydrogen-bond donors (Lipinski definition) is 1. The molecule has 6 nitrogen and oxygen atoms in total. The Bertz CT molecular complexity index is 586. The Morgan fingerprint density at radius 1 is 1.32 bits per heavy atom. The van der Waals surface area contributed by atoms with Crippen molar-refractivity contribution in [3.05, 3.63) is 35.4 Å². The number of carbonyl (C=O) groups excluding carboxylic acids is 2. The average molecular weight is 347 g/mol. The molecule has 0 bridgehead atoms. The molecule has 1 heterocycles. The molecule has 3 amide bonds. The van der Waals surface area contributed by atoms with Crippen LogP contribution >= 0.6 is 0 Å². The number of carbonyl (C=O) groups is 2. The number of likely N-dealkylation sites (tertiary alicyclic amines) is 1. The Balaban J connectivity index is 1.87. The number of methoxy groups -OCH3 is 1. The summed E-state index contributed by atoms with van der Waals surface area (Å²) in [5.41, 5.74) is 1.63. The molecule has 6 heteroatoms. The van der Waals surface area contributed by atoms with Crippen LogP contribution in [0.25, 0.3) is 0 Å². The van der Waals surface area contributed by atoms with Crippen molar-refractivity contribution >= 4 is 11.9 Å². The van der Waals surface area contributed by atoms with Crippen LogP contribution in [0.2, 0.25) is 0 Å². The maximum Gasteiger partial charge on any atom is 0.317 e. The largest absolute Gasteiger partial charge is 0.380 e. The van der Waals surface area contributed by atoms with Gasteiger partial charge in [0.15, 0.2) is 0 Å². The van der Waals surface area contributed by atoms with E-state index in [-0.39, 0.29) is 24.1 Å². The quantitative estimate of drug-likeness (QED) is 0.890. The molecule has 1 aromatic rings. The number of urea groups is 1. The lowest BCUT2D eigenvalue weighted by atomic mass is 10.1. The average Bonchev–Trinajstić information content (AvgIpc) is 2.65. The summed E-state index contributed by atoms with van der Waals surface area (Å²) in [6, 6.07) is 7.48. The van der Waals surface area contributed by atoms with E-state index in [0.717, 1.165) is 24.9 Å². The zero-order chi connectivity index (χ0) is 18.4. The van der Waals surface area contributed by atoms with Crippen molar-refractivity contribution < 1.29 is 14.3 Å². The van der Waals surface area contributed by atoms with Gasteiger partial charge in [0.05, 0.1) is 6.10 Å². The number of hydrogen-bond acceptors (Lipinski definition) is 3. The molecule has 1 saturated heterocycles. The van der Waals surface area contributed by atoms with Crippen molar-refractivity contribution in [3.63, 3.8) is 0 Å². The minimum atomic E-state index is -0.0681. The van der Waals surface area contributed by atoms with E-state index >= 15 is 0 Å². The molecule has 0 aliphatic carbocycles. The highest BCUT2D eigenvalue weighted by molar-refractivity contribution is 5.94. The Morgan fingerprint density at radius 3 is 2.60 bits per heavy atom. The van der Waals surface area contributed by atoms with Gasteiger partial charge in [0, 0.05) is 45.4 Å². The summed E-state index contributed by atoms with van der Waals surface area (Å²) < 4.78 is 5.35. The predicted octanol–water partition coefficient (Wildman–Crippen LogP) is 2.49. The van der Waals surface area contributed by atoms with E-state index in [1.54, 1.807) is 24.0 Å². The molecule has 1 atom stereocenters. The first-order valence-corrected chi connectivity index (χ1v) is 8.84. The summed E-state index contributed by atoms with van der Waals surface area (Å²) >= 11 is 0. The molecule has 0 unspecified atom stereocenters. The SMILES string of the molecule is CO[C@H]1CCCN(C(=O)NCc2ccc(C(=O)N(C)C(C)C)cc2)C1. The monoisotopic (exact) mass is 347 g/mol. The lowest BCUT2D eigenvalue weighted by Crippen LogP contribution is -2.47. The molecule has 0 spiro atoms. The highest BCUT2D eigenvalue weighted by Crippen LogP contribution is 2.13. The molecule has 1 aliphatic heterocycles. The highest BCUT2D eigenvalue weighted by atomic mass is 16.5. The van der Waals surface area contributed by atoms with Gasteiger partial charge in [-0.1, -0.05) is 12.1 Å². The third-order valence-electron chi connectivity index (χ3n) is 4.74. The van der Waals surface area contributed by atoms with Gasteiger partial charge in [0.25, 0.3) is 5.91 Å². The molecule has 2 rings (SSSR count). The smallest absolute Gasteiger partial charge is 0.317 e. The first-order valence-electron chi connectivity index (χ1n) is 8.84. The van der Waals surface area contributed by atoms with E-state index in [0.29, 0.717) is 18.7 Å². The molecular formula is C19H29N3O3. The second kappa shape index (κ2) is 8.85. The third kappa shape index (κ3) is 5.19. The maximum atomic E-state index is 12.3. The fourth-order valence-corrected chi connectivity index (χ4v) is 2.81. The Kier molecular flexibility index (Phi) is 6.82. The van der Waals surface area contributed by atoms with Crippen LogP contribution in [-0.2, 0) is 11.3 Å². The van der Waals surface area contributed by atoms with Crippen LogP contribution in [-0.4, -0.2) is 61.1 Å². The molecule has 1 fully saturated rings. The summed E-state index contributed by atoms with van der Waals surface area (Å²) in [5.74, 6) is 0.00418. The van der Waals surface area contributed by atoms with E-state index in [1.807, 2.05) is 38.1 Å². The number of piperidine rings is 1. The molecule has 25 heavy (non-hydrogen) atoms. The molecular weight excluding hydrogens is 318 g/mol. The Hall–Kier alpha value is -2.08. The van der Waals surface area contributed by atoms with E-state index in [2.05, 4.69) is 5.32 Å². The van der Waals surface area contributed by atoms with Crippen molar-refractivity contribution in [2.24, 2.45) is 0 Å². The van der Waals surface area contributed by atoms with E-state index < -0.39 is 0 Å². The number of rotatable bonds is 5. The van der Waals surface area contributed by atoms with Gasteiger partial charge in [0.1, 0.15) is 0 Å². The van der Waals surface area contributed by atoms with Gasteiger partial charge < -0.3 is 19.9 Å². The van der Waals surface area contributed by atoms with Gasteiger partial charge in [-0.25, -0.2) is 4.79 Å². The van der Waals surface area contributed by atoms with Crippen molar-refractivity contribution in [1.29, 1.82) is 0 Å². The Morgan fingerprint density at radius 2 is 2.00 bits per heavy atom. The van der Waals surface area contributed by atoms with Gasteiger partial charge in [-0.15, -0.1) is 0 Å². The van der Waals surface area contributed by atoms with Crippen LogP contribution in [0, 0.1) is 0 Å². The molecule has 1 aliphatic rings. The second-order valence-corrected chi connectivity index (χ2v) is 6.81. The fraction of sp³-hybridized carbons (Fsp3) is 0.579. The van der Waals surface area contributed by atoms with Gasteiger partial charge >= 0.3 is 6.03 Å². The van der Waals surface area contributed by atoms with Crippen molar-refractivity contribution in [2.45, 2.75) is 45.4 Å². The first-order chi connectivity index (χ1) is 11.9. The standard InChI is InChI=1S/C19H29N3O3/c1-14(2)21(3)18(23)16-9-7-15(8-10-16)12-20-19(24)22-11-5-6-17(13-22)25-4/h7-10,14,17H,5-6,11-13H2,1-4H3,(H,20,24)/t17-/m0/s1. The van der Waals surface area contributed by atoms with Gasteiger partial charge in [-0.2, -0.15) is 0 Å². The van der Waals surface area contributed by atoms with Gasteiger partial charge in [-0.05, 0) is 44.4 Å². The lowest BCUT2D eigenvalue weighted by Gasteiger charge is -2.31. The zero-order valence-corrected chi connectivity index (χ0v) is 15.6. The van der Waals surface area contributed by atoms with Crippen LogP contribution in [0.1, 0.15) is 42.6 Å². The normalized spacial score (nSPS) is 17.5. The summed E-state index contributed by atoms with van der Waals surface area (Å²) in [6.45, 7) is 5.81. The van der Waals surface area contributed by atoms with Gasteiger partial charge in [-0.3, -0.25) is 4.79 Å². The van der Waals surface area contributed by atoms with Crippen LogP contribution < -0.4 is 5.32 Å². The molecule has 1 aromatic carbocycles. The van der Waals surface area contributed by atoms with Crippen molar-refractivity contribution in [2.75, 3.05) is 27.2 Å². The maximum absolute atomic E-state index is 12.3. The van der Waals surface area contributed by atoms with Gasteiger partial charge in [0.2, 0.25) is 0 Å². The first kappa shape index (κ1) is 19.2. The molecule has 0 aromatic heterocycles. The van der Waals surface area contributed by atoms with E-state index in [1.165, 1.54) is 0 Å². The number of ether oxygens (including phenoxy) is 1. The Labute approximate surface area is 150 Å².